The van der Waals surface area contributed by atoms with Crippen LogP contribution in [0.25, 0.3) is 0 Å². The summed E-state index contributed by atoms with van der Waals surface area (Å²) in [5.74, 6) is -7.33. The Morgan fingerprint density at radius 2 is 1.26 bits per heavy atom. The van der Waals surface area contributed by atoms with E-state index in [4.69, 9.17) is 22.3 Å². The monoisotopic (exact) mass is 536 g/mol. The van der Waals surface area contributed by atoms with Gasteiger partial charge >= 0.3 is 11.9 Å². The first-order valence-corrected chi connectivity index (χ1v) is 11.5. The smallest absolute Gasteiger partial charge is 0.326 e. The summed E-state index contributed by atoms with van der Waals surface area (Å²) in [6, 6.07) is 2.59. The first-order valence-electron chi connectivity index (χ1n) is 11.5. The highest BCUT2D eigenvalue weighted by Crippen LogP contribution is 2.07. The SMILES string of the molecule is NC(=O)CCC(N)C(=O)NC(CC(N)=O)C(=O)NC(CCC(=O)O)C(=O)NC(Cc1ccccc1)C(=O)O. The van der Waals surface area contributed by atoms with Crippen molar-refractivity contribution in [2.24, 2.45) is 17.2 Å². The highest BCUT2D eigenvalue weighted by atomic mass is 16.4. The molecule has 0 radical (unpaired) electrons. The number of carbonyl (C=O) groups excluding carboxylic acids is 5. The Morgan fingerprint density at radius 1 is 0.711 bits per heavy atom. The van der Waals surface area contributed by atoms with E-state index in [0.29, 0.717) is 5.56 Å². The van der Waals surface area contributed by atoms with Gasteiger partial charge in [0.1, 0.15) is 18.1 Å². The molecule has 0 bridgehead atoms. The van der Waals surface area contributed by atoms with E-state index in [1.165, 1.54) is 0 Å². The number of carboxylic acid groups (broad SMARTS) is 2. The summed E-state index contributed by atoms with van der Waals surface area (Å²) in [5, 5.41) is 25.3. The molecule has 15 nitrogen and oxygen atoms in total. The molecule has 1 aromatic rings. The summed E-state index contributed by atoms with van der Waals surface area (Å²) in [6.45, 7) is 0. The Kier molecular flexibility index (Phi) is 12.9. The number of nitrogens with one attached hydrogen (secondary N) is 3. The van der Waals surface area contributed by atoms with E-state index in [9.17, 15) is 38.7 Å². The molecule has 38 heavy (non-hydrogen) atoms. The van der Waals surface area contributed by atoms with Crippen LogP contribution in [0.1, 0.15) is 37.7 Å². The predicted molar refractivity (Wildman–Crippen MR) is 131 cm³/mol. The van der Waals surface area contributed by atoms with E-state index in [0.717, 1.165) is 0 Å². The summed E-state index contributed by atoms with van der Waals surface area (Å²) in [7, 11) is 0. The number of benzene rings is 1. The van der Waals surface area contributed by atoms with E-state index in [1.807, 2.05) is 0 Å². The van der Waals surface area contributed by atoms with Gasteiger partial charge in [0.15, 0.2) is 0 Å². The zero-order valence-electron chi connectivity index (χ0n) is 20.4. The Bertz CT molecular complexity index is 1030. The number of amides is 5. The minimum absolute atomic E-state index is 0.0922. The molecule has 208 valence electrons. The second-order valence-electron chi connectivity index (χ2n) is 8.43. The maximum absolute atomic E-state index is 12.9. The largest absolute Gasteiger partial charge is 0.481 e. The molecule has 0 saturated heterocycles. The Morgan fingerprint density at radius 3 is 1.79 bits per heavy atom. The van der Waals surface area contributed by atoms with Gasteiger partial charge in [-0.25, -0.2) is 4.79 Å². The summed E-state index contributed by atoms with van der Waals surface area (Å²) in [5.41, 5.74) is 16.4. The minimum Gasteiger partial charge on any atom is -0.481 e. The summed E-state index contributed by atoms with van der Waals surface area (Å²) >= 11 is 0. The van der Waals surface area contributed by atoms with Crippen LogP contribution in [0.15, 0.2) is 30.3 Å². The first-order chi connectivity index (χ1) is 17.8. The van der Waals surface area contributed by atoms with Gasteiger partial charge in [-0.05, 0) is 18.4 Å². The maximum Gasteiger partial charge on any atom is 0.326 e. The molecule has 0 aliphatic carbocycles. The molecular formula is C23H32N6O9. The molecule has 4 unspecified atom stereocenters. The van der Waals surface area contributed by atoms with Crippen LogP contribution in [0.5, 0.6) is 0 Å². The first kappa shape index (κ1) is 31.5. The number of primary amides is 2. The second-order valence-corrected chi connectivity index (χ2v) is 8.43. The van der Waals surface area contributed by atoms with Crippen LogP contribution in [-0.2, 0) is 40.0 Å². The molecular weight excluding hydrogens is 504 g/mol. The van der Waals surface area contributed by atoms with Gasteiger partial charge in [-0.3, -0.25) is 28.8 Å². The van der Waals surface area contributed by atoms with Crippen LogP contribution >= 0.6 is 0 Å². The van der Waals surface area contributed by atoms with Crippen molar-refractivity contribution in [3.05, 3.63) is 35.9 Å². The van der Waals surface area contributed by atoms with Gasteiger partial charge in [0, 0.05) is 19.3 Å². The summed E-state index contributed by atoms with van der Waals surface area (Å²) in [4.78, 5) is 83.3. The van der Waals surface area contributed by atoms with Gasteiger partial charge in [0.05, 0.1) is 12.5 Å². The predicted octanol–water partition coefficient (Wildman–Crippen LogP) is -2.90. The van der Waals surface area contributed by atoms with E-state index in [1.54, 1.807) is 30.3 Å². The Hall–Kier alpha value is -4.53. The van der Waals surface area contributed by atoms with Gasteiger partial charge in [-0.1, -0.05) is 30.3 Å². The molecule has 4 atom stereocenters. The lowest BCUT2D eigenvalue weighted by Gasteiger charge is -2.24. The van der Waals surface area contributed by atoms with Gasteiger partial charge in [0.2, 0.25) is 29.5 Å². The standard InChI is InChI=1S/C23H32N6O9/c24-13(6-8-17(25)30)20(34)28-15(11-18(26)31)22(36)27-14(7-9-19(32)33)21(35)29-16(23(37)38)10-12-4-2-1-3-5-12/h1-5,13-16H,6-11,24H2,(H2,25,30)(H2,26,31)(H,27,36)(H,28,34)(H,29,35)(H,32,33)(H,37,38). The van der Waals surface area contributed by atoms with Crippen LogP contribution in [0.3, 0.4) is 0 Å². The van der Waals surface area contributed by atoms with Crippen LogP contribution < -0.4 is 33.2 Å². The van der Waals surface area contributed by atoms with E-state index in [-0.39, 0.29) is 19.3 Å². The number of nitrogens with two attached hydrogens (primary N) is 3. The normalized spacial score (nSPS) is 13.7. The van der Waals surface area contributed by atoms with Crippen LogP contribution in [0, 0.1) is 0 Å². The molecule has 0 heterocycles. The highest BCUT2D eigenvalue weighted by molar-refractivity contribution is 5.96. The zero-order valence-corrected chi connectivity index (χ0v) is 20.4. The number of hydrogen-bond acceptors (Lipinski definition) is 8. The molecule has 0 fully saturated rings. The highest BCUT2D eigenvalue weighted by Gasteiger charge is 2.31. The Labute approximate surface area is 217 Å². The lowest BCUT2D eigenvalue weighted by Crippen LogP contribution is -2.58. The topological polar surface area (TPSA) is 274 Å². The molecule has 11 N–H and O–H groups in total. The Balaban J connectivity index is 3.03. The van der Waals surface area contributed by atoms with E-state index >= 15 is 0 Å². The third-order valence-corrected chi connectivity index (χ3v) is 5.25. The number of rotatable bonds is 17. The van der Waals surface area contributed by atoms with Crippen molar-refractivity contribution in [1.29, 1.82) is 0 Å². The van der Waals surface area contributed by atoms with Crippen molar-refractivity contribution >= 4 is 41.5 Å². The van der Waals surface area contributed by atoms with Crippen LogP contribution in [-0.4, -0.2) is 75.9 Å². The summed E-state index contributed by atoms with van der Waals surface area (Å²) in [6.07, 6.45) is -2.15. The fraction of sp³-hybridized carbons (Fsp3) is 0.435. The minimum atomic E-state index is -1.60. The van der Waals surface area contributed by atoms with Crippen molar-refractivity contribution in [1.82, 2.24) is 16.0 Å². The molecule has 15 heteroatoms. The lowest BCUT2D eigenvalue weighted by molar-refractivity contribution is -0.143. The molecule has 0 spiro atoms. The molecule has 5 amide bonds. The fourth-order valence-corrected chi connectivity index (χ4v) is 3.25. The third kappa shape index (κ3) is 11.9. The maximum atomic E-state index is 12.9. The van der Waals surface area contributed by atoms with Gasteiger partial charge < -0.3 is 43.4 Å². The third-order valence-electron chi connectivity index (χ3n) is 5.25. The number of aliphatic carboxylic acids is 2. The number of carbonyl (C=O) groups is 7. The molecule has 0 aromatic heterocycles. The quantitative estimate of drug-likeness (QED) is 0.100. The van der Waals surface area contributed by atoms with E-state index in [2.05, 4.69) is 16.0 Å². The number of hydrogen-bond donors (Lipinski definition) is 8. The molecule has 1 aromatic carbocycles. The van der Waals surface area contributed by atoms with Crippen molar-refractivity contribution in [3.8, 4) is 0 Å². The van der Waals surface area contributed by atoms with Crippen molar-refractivity contribution < 1.29 is 43.8 Å². The molecule has 0 aliphatic heterocycles. The fourth-order valence-electron chi connectivity index (χ4n) is 3.25. The van der Waals surface area contributed by atoms with Crippen molar-refractivity contribution in [2.75, 3.05) is 0 Å². The van der Waals surface area contributed by atoms with Crippen LogP contribution in [0.4, 0.5) is 0 Å². The number of carboxylic acids is 2. The van der Waals surface area contributed by atoms with Crippen molar-refractivity contribution in [2.45, 2.75) is 62.7 Å². The average Bonchev–Trinajstić information content (AvgIpc) is 2.83. The van der Waals surface area contributed by atoms with E-state index < -0.39 is 84.9 Å². The van der Waals surface area contributed by atoms with Gasteiger partial charge in [0.25, 0.3) is 0 Å². The summed E-state index contributed by atoms with van der Waals surface area (Å²) < 4.78 is 0. The molecule has 0 saturated carbocycles. The van der Waals surface area contributed by atoms with Gasteiger partial charge in [-0.2, -0.15) is 0 Å². The molecule has 1 rings (SSSR count). The van der Waals surface area contributed by atoms with Gasteiger partial charge in [-0.15, -0.1) is 0 Å². The lowest BCUT2D eigenvalue weighted by atomic mass is 10.0. The zero-order chi connectivity index (χ0) is 28.8. The average molecular weight is 537 g/mol. The van der Waals surface area contributed by atoms with Crippen LogP contribution in [0.2, 0.25) is 0 Å². The second kappa shape index (κ2) is 15.6. The van der Waals surface area contributed by atoms with Crippen molar-refractivity contribution in [3.63, 3.8) is 0 Å². The molecule has 0 aliphatic rings.